The minimum Gasteiger partial charge on any atom is -0.494 e. The van der Waals surface area contributed by atoms with Crippen molar-refractivity contribution in [3.63, 3.8) is 0 Å². The number of ether oxygens (including phenoxy) is 1. The third-order valence-electron chi connectivity index (χ3n) is 3.12. The highest BCUT2D eigenvalue weighted by atomic mass is 16.5. The third kappa shape index (κ3) is 2.13. The van der Waals surface area contributed by atoms with E-state index in [9.17, 15) is 0 Å². The number of anilines is 1. The van der Waals surface area contributed by atoms with Crippen LogP contribution in [0.5, 0.6) is 5.75 Å². The maximum atomic E-state index is 5.45. The first-order chi connectivity index (χ1) is 8.56. The molecule has 0 fully saturated rings. The van der Waals surface area contributed by atoms with E-state index in [1.54, 1.807) is 7.11 Å². The van der Waals surface area contributed by atoms with Gasteiger partial charge in [0.25, 0.3) is 0 Å². The molecule has 3 heteroatoms. The van der Waals surface area contributed by atoms with Crippen molar-refractivity contribution >= 4 is 16.6 Å². The summed E-state index contributed by atoms with van der Waals surface area (Å²) in [6.07, 6.45) is 0. The molecule has 2 aromatic rings. The Morgan fingerprint density at radius 1 is 1.22 bits per heavy atom. The number of nitrogens with one attached hydrogen (secondary N) is 1. The van der Waals surface area contributed by atoms with E-state index in [1.165, 1.54) is 5.56 Å². The van der Waals surface area contributed by atoms with Gasteiger partial charge >= 0.3 is 0 Å². The molecular weight excluding hydrogens is 224 g/mol. The zero-order valence-corrected chi connectivity index (χ0v) is 11.7. The van der Waals surface area contributed by atoms with E-state index < -0.39 is 0 Å². The molecule has 0 saturated heterocycles. The molecule has 1 heterocycles. The van der Waals surface area contributed by atoms with Crippen LogP contribution in [-0.4, -0.2) is 19.1 Å². The average Bonchev–Trinajstić information content (AvgIpc) is 2.36. The molecule has 96 valence electrons. The first kappa shape index (κ1) is 12.7. The van der Waals surface area contributed by atoms with E-state index in [0.717, 1.165) is 28.0 Å². The maximum Gasteiger partial charge on any atom is 0.145 e. The second kappa shape index (κ2) is 4.84. The van der Waals surface area contributed by atoms with E-state index in [0.29, 0.717) is 5.92 Å². The molecule has 3 nitrogen and oxygen atoms in total. The lowest BCUT2D eigenvalue weighted by Crippen LogP contribution is -2.00. The van der Waals surface area contributed by atoms with Crippen molar-refractivity contribution in [1.29, 1.82) is 0 Å². The highest BCUT2D eigenvalue weighted by Crippen LogP contribution is 2.32. The van der Waals surface area contributed by atoms with Gasteiger partial charge in [-0.3, -0.25) is 0 Å². The Balaban J connectivity index is 2.82. The fourth-order valence-corrected chi connectivity index (χ4v) is 2.11. The first-order valence-corrected chi connectivity index (χ1v) is 6.24. The van der Waals surface area contributed by atoms with Crippen molar-refractivity contribution in [2.24, 2.45) is 0 Å². The molecule has 0 spiro atoms. The molecule has 18 heavy (non-hydrogen) atoms. The van der Waals surface area contributed by atoms with Gasteiger partial charge in [0.05, 0.1) is 7.11 Å². The summed E-state index contributed by atoms with van der Waals surface area (Å²) >= 11 is 0. The van der Waals surface area contributed by atoms with E-state index in [2.05, 4.69) is 38.2 Å². The van der Waals surface area contributed by atoms with Gasteiger partial charge in [0.15, 0.2) is 0 Å². The summed E-state index contributed by atoms with van der Waals surface area (Å²) in [5, 5.41) is 4.36. The van der Waals surface area contributed by atoms with E-state index >= 15 is 0 Å². The summed E-state index contributed by atoms with van der Waals surface area (Å²) in [4.78, 5) is 4.73. The molecule has 0 atom stereocenters. The molecule has 0 amide bonds. The largest absolute Gasteiger partial charge is 0.494 e. The fraction of sp³-hybridized carbons (Fsp3) is 0.400. The highest BCUT2D eigenvalue weighted by Gasteiger charge is 2.12. The summed E-state index contributed by atoms with van der Waals surface area (Å²) < 4.78 is 5.45. The Hall–Kier alpha value is -1.77. The molecule has 0 aliphatic heterocycles. The molecule has 1 aromatic heterocycles. The summed E-state index contributed by atoms with van der Waals surface area (Å²) in [5.74, 6) is 1.23. The van der Waals surface area contributed by atoms with Crippen LogP contribution in [0.1, 0.15) is 31.0 Å². The van der Waals surface area contributed by atoms with Crippen LogP contribution in [-0.2, 0) is 0 Å². The van der Waals surface area contributed by atoms with Gasteiger partial charge < -0.3 is 10.1 Å². The van der Waals surface area contributed by atoms with Crippen molar-refractivity contribution < 1.29 is 4.74 Å². The molecular formula is C15H20N2O. The number of hydrogen-bond acceptors (Lipinski definition) is 3. The monoisotopic (exact) mass is 244 g/mol. The predicted octanol–water partition coefficient (Wildman–Crippen LogP) is 3.72. The van der Waals surface area contributed by atoms with Gasteiger partial charge in [-0.1, -0.05) is 13.8 Å². The zero-order valence-electron chi connectivity index (χ0n) is 11.7. The summed E-state index contributed by atoms with van der Waals surface area (Å²) in [6, 6.07) is 6.28. The number of rotatable bonds is 3. The van der Waals surface area contributed by atoms with Crippen LogP contribution < -0.4 is 10.1 Å². The van der Waals surface area contributed by atoms with Gasteiger partial charge in [0, 0.05) is 23.8 Å². The zero-order chi connectivity index (χ0) is 13.3. The summed E-state index contributed by atoms with van der Waals surface area (Å²) in [6.45, 7) is 6.36. The number of aromatic nitrogens is 1. The molecule has 0 unspecified atom stereocenters. The lowest BCUT2D eigenvalue weighted by atomic mass is 10.0. The fourth-order valence-electron chi connectivity index (χ4n) is 2.11. The molecule has 0 radical (unpaired) electrons. The van der Waals surface area contributed by atoms with Crippen LogP contribution in [0.15, 0.2) is 18.2 Å². The number of nitrogens with zero attached hydrogens (tertiary/aromatic N) is 1. The van der Waals surface area contributed by atoms with Gasteiger partial charge in [-0.15, -0.1) is 0 Å². The smallest absolute Gasteiger partial charge is 0.145 e. The molecule has 0 aliphatic carbocycles. The minimum absolute atomic E-state index is 0.396. The number of aryl methyl sites for hydroxylation is 1. The molecule has 0 bridgehead atoms. The molecule has 1 aromatic carbocycles. The van der Waals surface area contributed by atoms with Crippen LogP contribution in [0.3, 0.4) is 0 Å². The van der Waals surface area contributed by atoms with Crippen LogP contribution in [0.2, 0.25) is 0 Å². The summed E-state index contributed by atoms with van der Waals surface area (Å²) in [5.41, 5.74) is 4.29. The molecule has 0 aliphatic rings. The van der Waals surface area contributed by atoms with Gasteiger partial charge in [0.1, 0.15) is 11.3 Å². The Kier molecular flexibility index (Phi) is 3.41. The quantitative estimate of drug-likeness (QED) is 0.893. The van der Waals surface area contributed by atoms with Gasteiger partial charge in [-0.05, 0) is 36.6 Å². The van der Waals surface area contributed by atoms with Crippen molar-refractivity contribution in [2.75, 3.05) is 19.5 Å². The van der Waals surface area contributed by atoms with Gasteiger partial charge in [-0.2, -0.15) is 0 Å². The minimum atomic E-state index is 0.396. The average molecular weight is 244 g/mol. The number of pyridine rings is 1. The topological polar surface area (TPSA) is 34.2 Å². The SMILES string of the molecule is CNc1cc(C(C)C)nc2c(OC)cc(C)cc12. The van der Waals surface area contributed by atoms with Crippen molar-refractivity contribution in [2.45, 2.75) is 26.7 Å². The molecule has 1 N–H and O–H groups in total. The lowest BCUT2D eigenvalue weighted by molar-refractivity contribution is 0.418. The normalized spacial score (nSPS) is 11.0. The number of benzene rings is 1. The Morgan fingerprint density at radius 3 is 2.50 bits per heavy atom. The van der Waals surface area contributed by atoms with Gasteiger partial charge in [0.2, 0.25) is 0 Å². The van der Waals surface area contributed by atoms with Crippen LogP contribution in [0, 0.1) is 6.92 Å². The Labute approximate surface area is 108 Å². The van der Waals surface area contributed by atoms with E-state index in [4.69, 9.17) is 9.72 Å². The van der Waals surface area contributed by atoms with Gasteiger partial charge in [-0.25, -0.2) is 4.98 Å². The van der Waals surface area contributed by atoms with Crippen molar-refractivity contribution in [3.8, 4) is 5.75 Å². The predicted molar refractivity (Wildman–Crippen MR) is 76.7 cm³/mol. The van der Waals surface area contributed by atoms with Crippen molar-refractivity contribution in [1.82, 2.24) is 4.98 Å². The van der Waals surface area contributed by atoms with Crippen molar-refractivity contribution in [3.05, 3.63) is 29.5 Å². The van der Waals surface area contributed by atoms with Crippen LogP contribution in [0.4, 0.5) is 5.69 Å². The lowest BCUT2D eigenvalue weighted by Gasteiger charge is -2.14. The number of fused-ring (bicyclic) bond motifs is 1. The number of methoxy groups -OCH3 is 1. The third-order valence-corrected chi connectivity index (χ3v) is 3.12. The standard InChI is InChI=1S/C15H20N2O/c1-9(2)12-8-13(16-4)11-6-10(3)7-14(18-5)15(11)17-12/h6-9H,1-5H3,(H,16,17). The Bertz CT molecular complexity index is 576. The number of hydrogen-bond donors (Lipinski definition) is 1. The molecule has 0 saturated carbocycles. The second-order valence-corrected chi connectivity index (χ2v) is 4.86. The first-order valence-electron chi connectivity index (χ1n) is 6.24. The van der Waals surface area contributed by atoms with E-state index in [1.807, 2.05) is 13.1 Å². The highest BCUT2D eigenvalue weighted by molar-refractivity contribution is 5.95. The van der Waals surface area contributed by atoms with Crippen LogP contribution in [0.25, 0.3) is 10.9 Å². The summed E-state index contributed by atoms with van der Waals surface area (Å²) in [7, 11) is 3.63. The van der Waals surface area contributed by atoms with E-state index in [-0.39, 0.29) is 0 Å². The van der Waals surface area contributed by atoms with Crippen LogP contribution >= 0.6 is 0 Å². The maximum absolute atomic E-state index is 5.45. The Morgan fingerprint density at radius 2 is 1.94 bits per heavy atom. The molecule has 2 rings (SSSR count). The second-order valence-electron chi connectivity index (χ2n) is 4.86.